The van der Waals surface area contributed by atoms with Gasteiger partial charge in [-0.15, -0.1) is 0 Å². The molecular formula is C13H19N. The van der Waals surface area contributed by atoms with E-state index in [0.29, 0.717) is 12.0 Å². The Hall–Kier alpha value is -0.820. The Morgan fingerprint density at radius 3 is 2.86 bits per heavy atom. The van der Waals surface area contributed by atoms with Gasteiger partial charge in [0.2, 0.25) is 0 Å². The van der Waals surface area contributed by atoms with E-state index in [1.165, 1.54) is 30.4 Å². The molecule has 14 heavy (non-hydrogen) atoms. The van der Waals surface area contributed by atoms with Gasteiger partial charge in [-0.1, -0.05) is 23.8 Å². The highest BCUT2D eigenvalue weighted by Gasteiger charge is 2.20. The first-order valence-corrected chi connectivity index (χ1v) is 5.51. The second kappa shape index (κ2) is 3.74. The summed E-state index contributed by atoms with van der Waals surface area (Å²) in [5.41, 5.74) is 10.4. The highest BCUT2D eigenvalue weighted by atomic mass is 14.6. The maximum Gasteiger partial charge on any atom is 0.00420 e. The summed E-state index contributed by atoms with van der Waals surface area (Å²) in [5.74, 6) is 0.685. The summed E-state index contributed by atoms with van der Waals surface area (Å²) in [4.78, 5) is 0. The van der Waals surface area contributed by atoms with E-state index in [4.69, 9.17) is 5.73 Å². The molecular weight excluding hydrogens is 170 g/mol. The largest absolute Gasteiger partial charge is 0.328 e. The number of nitrogens with two attached hydrogens (primary N) is 1. The molecule has 1 aromatic carbocycles. The molecule has 2 atom stereocenters. The van der Waals surface area contributed by atoms with Crippen molar-refractivity contribution in [2.45, 2.75) is 39.2 Å². The Bertz CT molecular complexity index is 328. The van der Waals surface area contributed by atoms with Crippen LogP contribution >= 0.6 is 0 Å². The van der Waals surface area contributed by atoms with Gasteiger partial charge in [0.1, 0.15) is 0 Å². The molecule has 1 nitrogen and oxygen atoms in total. The summed E-state index contributed by atoms with van der Waals surface area (Å²) < 4.78 is 0. The van der Waals surface area contributed by atoms with Crippen molar-refractivity contribution >= 4 is 0 Å². The lowest BCUT2D eigenvalue weighted by atomic mass is 9.80. The molecule has 0 heterocycles. The third-order valence-corrected chi connectivity index (χ3v) is 3.37. The van der Waals surface area contributed by atoms with Crippen LogP contribution in [0, 0.1) is 12.8 Å². The zero-order chi connectivity index (χ0) is 10.1. The van der Waals surface area contributed by atoms with Crippen LogP contribution in [-0.2, 0) is 12.8 Å². The summed E-state index contributed by atoms with van der Waals surface area (Å²) in [6.07, 6.45) is 3.64. The molecule has 0 aliphatic heterocycles. The predicted molar refractivity (Wildman–Crippen MR) is 60.3 cm³/mol. The van der Waals surface area contributed by atoms with Gasteiger partial charge in [-0.05, 0) is 50.2 Å². The first-order valence-electron chi connectivity index (χ1n) is 5.51. The van der Waals surface area contributed by atoms with Crippen LogP contribution in [0.25, 0.3) is 0 Å². The molecule has 1 aliphatic carbocycles. The Balaban J connectivity index is 2.23. The monoisotopic (exact) mass is 189 g/mol. The number of aryl methyl sites for hydroxylation is 2. The van der Waals surface area contributed by atoms with Crippen LogP contribution in [0.5, 0.6) is 0 Å². The molecule has 76 valence electrons. The maximum atomic E-state index is 5.95. The topological polar surface area (TPSA) is 26.0 Å². The fourth-order valence-corrected chi connectivity index (χ4v) is 2.36. The molecule has 0 bridgehead atoms. The van der Waals surface area contributed by atoms with Crippen molar-refractivity contribution in [1.82, 2.24) is 0 Å². The Morgan fingerprint density at radius 2 is 2.14 bits per heavy atom. The van der Waals surface area contributed by atoms with E-state index in [1.807, 2.05) is 0 Å². The Kier molecular flexibility index (Phi) is 2.60. The quantitative estimate of drug-likeness (QED) is 0.721. The molecule has 2 N–H and O–H groups in total. The summed E-state index contributed by atoms with van der Waals surface area (Å²) >= 11 is 0. The fraction of sp³-hybridized carbons (Fsp3) is 0.538. The molecule has 2 rings (SSSR count). The summed E-state index contributed by atoms with van der Waals surface area (Å²) in [6, 6.07) is 7.15. The van der Waals surface area contributed by atoms with Gasteiger partial charge >= 0.3 is 0 Å². The molecule has 0 radical (unpaired) electrons. The lowest BCUT2D eigenvalue weighted by molar-refractivity contribution is 0.393. The van der Waals surface area contributed by atoms with Crippen LogP contribution in [0.1, 0.15) is 30.0 Å². The average Bonchev–Trinajstić information content (AvgIpc) is 2.16. The van der Waals surface area contributed by atoms with Crippen molar-refractivity contribution in [3.63, 3.8) is 0 Å². The van der Waals surface area contributed by atoms with Gasteiger partial charge in [0.05, 0.1) is 0 Å². The zero-order valence-electron chi connectivity index (χ0n) is 9.09. The van der Waals surface area contributed by atoms with Crippen LogP contribution in [0.15, 0.2) is 18.2 Å². The molecule has 0 fully saturated rings. The molecule has 0 spiro atoms. The first-order chi connectivity index (χ1) is 6.66. The smallest absolute Gasteiger partial charge is 0.00420 e. The second-order valence-corrected chi connectivity index (χ2v) is 4.63. The minimum Gasteiger partial charge on any atom is -0.328 e. The molecule has 1 heteroatoms. The molecule has 1 aromatic rings. The molecule has 2 unspecified atom stereocenters. The van der Waals surface area contributed by atoms with E-state index in [1.54, 1.807) is 5.56 Å². The van der Waals surface area contributed by atoms with Gasteiger partial charge in [0.25, 0.3) is 0 Å². The van der Waals surface area contributed by atoms with Crippen molar-refractivity contribution < 1.29 is 0 Å². The molecule has 0 saturated heterocycles. The van der Waals surface area contributed by atoms with Crippen molar-refractivity contribution in [2.75, 3.05) is 0 Å². The summed E-state index contributed by atoms with van der Waals surface area (Å²) in [6.45, 7) is 4.29. The maximum absolute atomic E-state index is 5.95. The zero-order valence-corrected chi connectivity index (χ0v) is 9.09. The van der Waals surface area contributed by atoms with E-state index in [9.17, 15) is 0 Å². The summed E-state index contributed by atoms with van der Waals surface area (Å²) in [5, 5.41) is 0. The normalized spacial score (nSPS) is 22.9. The SMILES string of the molecule is Cc1ccc2c(c1)CCC(C(C)N)C2. The minimum absolute atomic E-state index is 0.337. The molecule has 0 saturated carbocycles. The number of rotatable bonds is 1. The lowest BCUT2D eigenvalue weighted by Gasteiger charge is -2.27. The van der Waals surface area contributed by atoms with Crippen LogP contribution < -0.4 is 5.73 Å². The van der Waals surface area contributed by atoms with Gasteiger partial charge in [0, 0.05) is 6.04 Å². The number of hydrogen-bond acceptors (Lipinski definition) is 1. The third kappa shape index (κ3) is 1.83. The van der Waals surface area contributed by atoms with Gasteiger partial charge in [0.15, 0.2) is 0 Å². The summed E-state index contributed by atoms with van der Waals surface area (Å²) in [7, 11) is 0. The minimum atomic E-state index is 0.337. The van der Waals surface area contributed by atoms with Gasteiger partial charge in [-0.3, -0.25) is 0 Å². The Morgan fingerprint density at radius 1 is 1.36 bits per heavy atom. The van der Waals surface area contributed by atoms with Crippen molar-refractivity contribution in [3.8, 4) is 0 Å². The molecule has 0 aromatic heterocycles. The fourth-order valence-electron chi connectivity index (χ4n) is 2.36. The van der Waals surface area contributed by atoms with Crippen molar-refractivity contribution in [3.05, 3.63) is 34.9 Å². The number of fused-ring (bicyclic) bond motifs is 1. The van der Waals surface area contributed by atoms with E-state index < -0.39 is 0 Å². The van der Waals surface area contributed by atoms with Gasteiger partial charge in [-0.2, -0.15) is 0 Å². The van der Waals surface area contributed by atoms with Gasteiger partial charge < -0.3 is 5.73 Å². The van der Waals surface area contributed by atoms with Gasteiger partial charge in [-0.25, -0.2) is 0 Å². The lowest BCUT2D eigenvalue weighted by Crippen LogP contribution is -2.31. The average molecular weight is 189 g/mol. The van der Waals surface area contributed by atoms with Crippen LogP contribution in [0.2, 0.25) is 0 Å². The molecule has 1 aliphatic rings. The highest BCUT2D eigenvalue weighted by molar-refractivity contribution is 5.33. The van der Waals surface area contributed by atoms with E-state index in [-0.39, 0.29) is 0 Å². The van der Waals surface area contributed by atoms with Crippen molar-refractivity contribution in [2.24, 2.45) is 11.7 Å². The first kappa shape index (κ1) is 9.72. The van der Waals surface area contributed by atoms with Crippen LogP contribution in [-0.4, -0.2) is 6.04 Å². The predicted octanol–water partition coefficient (Wildman–Crippen LogP) is 2.45. The standard InChI is InChI=1S/C13H19N/c1-9-3-4-13-8-11(10(2)14)5-6-12(13)7-9/h3-4,7,10-11H,5-6,8,14H2,1-2H3. The highest BCUT2D eigenvalue weighted by Crippen LogP contribution is 2.27. The second-order valence-electron chi connectivity index (χ2n) is 4.63. The van der Waals surface area contributed by atoms with E-state index in [2.05, 4.69) is 32.0 Å². The molecule has 0 amide bonds. The third-order valence-electron chi connectivity index (χ3n) is 3.37. The van der Waals surface area contributed by atoms with Crippen LogP contribution in [0.3, 0.4) is 0 Å². The van der Waals surface area contributed by atoms with Crippen LogP contribution in [0.4, 0.5) is 0 Å². The van der Waals surface area contributed by atoms with Crippen molar-refractivity contribution in [1.29, 1.82) is 0 Å². The Labute approximate surface area is 86.3 Å². The number of benzene rings is 1. The van der Waals surface area contributed by atoms with E-state index >= 15 is 0 Å². The number of hydrogen-bond donors (Lipinski definition) is 1. The van der Waals surface area contributed by atoms with E-state index in [0.717, 1.165) is 0 Å².